The summed E-state index contributed by atoms with van der Waals surface area (Å²) in [4.78, 5) is 15.1. The number of halogens is 1. The van der Waals surface area contributed by atoms with Crippen LogP contribution in [0.5, 0.6) is 0 Å². The second kappa shape index (κ2) is 7.28. The summed E-state index contributed by atoms with van der Waals surface area (Å²) in [7, 11) is 0. The summed E-state index contributed by atoms with van der Waals surface area (Å²) in [5.74, 6) is 1.06. The van der Waals surface area contributed by atoms with Crippen LogP contribution in [0.2, 0.25) is 5.02 Å². The summed E-state index contributed by atoms with van der Waals surface area (Å²) in [6, 6.07) is 8.01. The molecule has 4 nitrogen and oxygen atoms in total. The third-order valence-corrected chi connectivity index (χ3v) is 5.86. The van der Waals surface area contributed by atoms with Gasteiger partial charge in [0.25, 0.3) is 0 Å². The van der Waals surface area contributed by atoms with E-state index in [0.29, 0.717) is 0 Å². The number of piperazine rings is 1. The van der Waals surface area contributed by atoms with Crippen molar-refractivity contribution in [1.82, 2.24) is 14.9 Å². The molecule has 1 aliphatic rings. The van der Waals surface area contributed by atoms with Gasteiger partial charge in [0.05, 0.1) is 5.39 Å². The van der Waals surface area contributed by atoms with E-state index >= 15 is 0 Å². The molecule has 1 fully saturated rings. The van der Waals surface area contributed by atoms with Crippen LogP contribution in [0.15, 0.2) is 36.0 Å². The highest BCUT2D eigenvalue weighted by molar-refractivity contribution is 7.17. The van der Waals surface area contributed by atoms with Gasteiger partial charge >= 0.3 is 0 Å². The summed E-state index contributed by atoms with van der Waals surface area (Å²) in [6.07, 6.45) is 2.90. The number of hydrogen-bond acceptors (Lipinski definition) is 5. The van der Waals surface area contributed by atoms with E-state index in [1.165, 1.54) is 23.9 Å². The van der Waals surface area contributed by atoms with Gasteiger partial charge in [-0.25, -0.2) is 9.97 Å². The van der Waals surface area contributed by atoms with Gasteiger partial charge in [-0.1, -0.05) is 30.7 Å². The lowest BCUT2D eigenvalue weighted by Gasteiger charge is -2.35. The largest absolute Gasteiger partial charge is 0.353 e. The Morgan fingerprint density at radius 2 is 1.84 bits per heavy atom. The van der Waals surface area contributed by atoms with Crippen LogP contribution in [0, 0.1) is 0 Å². The molecule has 1 aromatic carbocycles. The van der Waals surface area contributed by atoms with Crippen LogP contribution in [0.1, 0.15) is 13.3 Å². The van der Waals surface area contributed by atoms with E-state index < -0.39 is 0 Å². The Balaban J connectivity index is 1.70. The molecule has 0 spiro atoms. The minimum atomic E-state index is 0.756. The van der Waals surface area contributed by atoms with Crippen molar-refractivity contribution in [2.45, 2.75) is 13.3 Å². The van der Waals surface area contributed by atoms with Crippen LogP contribution in [0.4, 0.5) is 5.82 Å². The smallest absolute Gasteiger partial charge is 0.141 e. The summed E-state index contributed by atoms with van der Waals surface area (Å²) in [6.45, 7) is 7.65. The van der Waals surface area contributed by atoms with Crippen molar-refractivity contribution in [2.24, 2.45) is 0 Å². The molecule has 0 N–H and O–H groups in total. The van der Waals surface area contributed by atoms with Crippen molar-refractivity contribution >= 4 is 39.0 Å². The zero-order valence-electron chi connectivity index (χ0n) is 14.3. The fraction of sp³-hybridized carbons (Fsp3) is 0.368. The molecule has 3 aromatic rings. The average molecular weight is 373 g/mol. The molecule has 0 aliphatic carbocycles. The molecule has 25 heavy (non-hydrogen) atoms. The van der Waals surface area contributed by atoms with Gasteiger partial charge in [-0.05, 0) is 30.7 Å². The van der Waals surface area contributed by atoms with Gasteiger partial charge in [-0.2, -0.15) is 0 Å². The highest BCUT2D eigenvalue weighted by Gasteiger charge is 2.22. The normalized spacial score (nSPS) is 15.8. The molecule has 3 heterocycles. The van der Waals surface area contributed by atoms with Gasteiger partial charge in [-0.3, -0.25) is 4.90 Å². The third kappa shape index (κ3) is 3.36. The number of thiophene rings is 1. The van der Waals surface area contributed by atoms with Crippen molar-refractivity contribution < 1.29 is 0 Å². The molecule has 0 bridgehead atoms. The Kier molecular flexibility index (Phi) is 4.88. The van der Waals surface area contributed by atoms with Gasteiger partial charge in [0.15, 0.2) is 0 Å². The SMILES string of the molecule is CCCN1CCN(c2ncnc3scc(-c4ccc(Cl)cc4)c23)CC1. The predicted octanol–water partition coefficient (Wildman–Crippen LogP) is 4.54. The molecule has 2 aromatic heterocycles. The lowest BCUT2D eigenvalue weighted by molar-refractivity contribution is 0.258. The maximum atomic E-state index is 6.05. The molecule has 130 valence electrons. The van der Waals surface area contributed by atoms with Crippen LogP contribution in [0.25, 0.3) is 21.3 Å². The average Bonchev–Trinajstić information content (AvgIpc) is 3.08. The first-order valence-electron chi connectivity index (χ1n) is 8.71. The molecule has 0 saturated carbocycles. The van der Waals surface area contributed by atoms with E-state index in [9.17, 15) is 0 Å². The second-order valence-corrected chi connectivity index (χ2v) is 7.66. The van der Waals surface area contributed by atoms with E-state index in [0.717, 1.165) is 47.4 Å². The maximum Gasteiger partial charge on any atom is 0.141 e. The Morgan fingerprint density at radius 3 is 2.56 bits per heavy atom. The van der Waals surface area contributed by atoms with Crippen LogP contribution >= 0.6 is 22.9 Å². The van der Waals surface area contributed by atoms with Crippen molar-refractivity contribution in [3.8, 4) is 11.1 Å². The Labute approximate surface area is 157 Å². The quantitative estimate of drug-likeness (QED) is 0.672. The molecule has 0 unspecified atom stereocenters. The first kappa shape index (κ1) is 16.8. The Bertz CT molecular complexity index is 853. The molecule has 1 saturated heterocycles. The standard InChI is InChI=1S/C19H21ClN4S/c1-2-7-23-8-10-24(11-9-23)18-17-16(12-25-19(17)22-13-21-18)14-3-5-15(20)6-4-14/h3-6,12-13H,2,7-11H2,1H3. The highest BCUT2D eigenvalue weighted by Crippen LogP contribution is 2.38. The zero-order valence-corrected chi connectivity index (χ0v) is 15.9. The number of fused-ring (bicyclic) bond motifs is 1. The van der Waals surface area contributed by atoms with Crippen molar-refractivity contribution in [3.63, 3.8) is 0 Å². The fourth-order valence-electron chi connectivity index (χ4n) is 3.44. The highest BCUT2D eigenvalue weighted by atomic mass is 35.5. The molecule has 6 heteroatoms. The Hall–Kier alpha value is -1.69. The van der Waals surface area contributed by atoms with E-state index in [-0.39, 0.29) is 0 Å². The van der Waals surface area contributed by atoms with Crippen LogP contribution < -0.4 is 4.90 Å². The minimum absolute atomic E-state index is 0.756. The first-order valence-corrected chi connectivity index (χ1v) is 9.97. The van der Waals surface area contributed by atoms with E-state index in [2.05, 4.69) is 44.2 Å². The van der Waals surface area contributed by atoms with Crippen molar-refractivity contribution in [1.29, 1.82) is 0 Å². The molecule has 4 rings (SSSR count). The molecular weight excluding hydrogens is 352 g/mol. The van der Waals surface area contributed by atoms with E-state index in [1.807, 2.05) is 12.1 Å². The number of anilines is 1. The zero-order chi connectivity index (χ0) is 17.2. The molecule has 1 aliphatic heterocycles. The number of rotatable bonds is 4. The number of hydrogen-bond donors (Lipinski definition) is 0. The maximum absolute atomic E-state index is 6.05. The van der Waals surface area contributed by atoms with Crippen LogP contribution in [0.3, 0.4) is 0 Å². The fourth-order valence-corrected chi connectivity index (χ4v) is 4.48. The minimum Gasteiger partial charge on any atom is -0.353 e. The van der Waals surface area contributed by atoms with Crippen LogP contribution in [-0.4, -0.2) is 47.6 Å². The molecule has 0 amide bonds. The molecular formula is C19H21ClN4S. The van der Waals surface area contributed by atoms with Gasteiger partial charge in [0, 0.05) is 42.1 Å². The number of aromatic nitrogens is 2. The summed E-state index contributed by atoms with van der Waals surface area (Å²) < 4.78 is 0. The topological polar surface area (TPSA) is 32.3 Å². The van der Waals surface area contributed by atoms with Crippen LogP contribution in [-0.2, 0) is 0 Å². The molecule has 0 atom stereocenters. The summed E-state index contributed by atoms with van der Waals surface area (Å²) in [5, 5.41) is 4.10. The van der Waals surface area contributed by atoms with E-state index in [1.54, 1.807) is 17.7 Å². The third-order valence-electron chi connectivity index (χ3n) is 4.72. The second-order valence-electron chi connectivity index (χ2n) is 6.36. The predicted molar refractivity (Wildman–Crippen MR) is 107 cm³/mol. The Morgan fingerprint density at radius 1 is 1.08 bits per heavy atom. The number of nitrogens with zero attached hydrogens (tertiary/aromatic N) is 4. The lowest BCUT2D eigenvalue weighted by Crippen LogP contribution is -2.46. The molecule has 0 radical (unpaired) electrons. The van der Waals surface area contributed by atoms with Gasteiger partial charge in [0.1, 0.15) is 17.0 Å². The van der Waals surface area contributed by atoms with Gasteiger partial charge in [0.2, 0.25) is 0 Å². The van der Waals surface area contributed by atoms with Crippen molar-refractivity contribution in [3.05, 3.63) is 41.0 Å². The van der Waals surface area contributed by atoms with E-state index in [4.69, 9.17) is 11.6 Å². The first-order chi connectivity index (χ1) is 12.3. The van der Waals surface area contributed by atoms with Crippen molar-refractivity contribution in [2.75, 3.05) is 37.6 Å². The summed E-state index contributed by atoms with van der Waals surface area (Å²) in [5.41, 5.74) is 2.36. The summed E-state index contributed by atoms with van der Waals surface area (Å²) >= 11 is 7.73. The lowest BCUT2D eigenvalue weighted by atomic mass is 10.1. The van der Waals surface area contributed by atoms with Gasteiger partial charge in [-0.15, -0.1) is 11.3 Å². The number of benzene rings is 1. The monoisotopic (exact) mass is 372 g/mol. The van der Waals surface area contributed by atoms with Gasteiger partial charge < -0.3 is 4.90 Å².